The molecule has 1 aliphatic rings. The van der Waals surface area contributed by atoms with E-state index in [9.17, 15) is 4.79 Å². The van der Waals surface area contributed by atoms with Crippen molar-refractivity contribution < 1.29 is 14.3 Å². The fraction of sp³-hybridized carbons (Fsp3) is 0.417. The highest BCUT2D eigenvalue weighted by Crippen LogP contribution is 2.43. The fourth-order valence-electron chi connectivity index (χ4n) is 1.84. The molecule has 16 heavy (non-hydrogen) atoms. The third-order valence-corrected chi connectivity index (χ3v) is 2.89. The predicted octanol–water partition coefficient (Wildman–Crippen LogP) is 1.30. The van der Waals surface area contributed by atoms with Gasteiger partial charge in [-0.2, -0.15) is 0 Å². The smallest absolute Gasteiger partial charge is 0.337 e. The Labute approximate surface area is 94.3 Å². The third-order valence-electron chi connectivity index (χ3n) is 2.89. The van der Waals surface area contributed by atoms with E-state index in [1.807, 2.05) is 6.07 Å². The number of esters is 1. The van der Waals surface area contributed by atoms with Crippen LogP contribution in [0.1, 0.15) is 28.3 Å². The van der Waals surface area contributed by atoms with Gasteiger partial charge in [-0.3, -0.25) is 0 Å². The molecule has 86 valence electrons. The molecule has 2 atom stereocenters. The van der Waals surface area contributed by atoms with Gasteiger partial charge < -0.3 is 15.2 Å². The first-order valence-corrected chi connectivity index (χ1v) is 5.19. The summed E-state index contributed by atoms with van der Waals surface area (Å²) >= 11 is 0. The van der Waals surface area contributed by atoms with E-state index in [2.05, 4.69) is 4.74 Å². The van der Waals surface area contributed by atoms with Crippen molar-refractivity contribution in [2.45, 2.75) is 18.4 Å². The van der Waals surface area contributed by atoms with Crippen LogP contribution in [0.3, 0.4) is 0 Å². The van der Waals surface area contributed by atoms with Crippen LogP contribution in [-0.4, -0.2) is 26.2 Å². The molecule has 0 spiro atoms. The van der Waals surface area contributed by atoms with E-state index in [1.54, 1.807) is 19.2 Å². The predicted molar refractivity (Wildman–Crippen MR) is 59.7 cm³/mol. The van der Waals surface area contributed by atoms with Crippen LogP contribution in [-0.2, 0) is 4.74 Å². The van der Waals surface area contributed by atoms with Gasteiger partial charge in [0, 0.05) is 12.0 Å². The summed E-state index contributed by atoms with van der Waals surface area (Å²) < 4.78 is 9.94. The number of rotatable bonds is 3. The minimum absolute atomic E-state index is 0.182. The number of ether oxygens (including phenoxy) is 2. The van der Waals surface area contributed by atoms with E-state index in [-0.39, 0.29) is 12.0 Å². The number of hydrogen-bond donors (Lipinski definition) is 1. The number of benzene rings is 1. The second kappa shape index (κ2) is 4.14. The van der Waals surface area contributed by atoms with Gasteiger partial charge >= 0.3 is 5.97 Å². The highest BCUT2D eigenvalue weighted by Gasteiger charge is 2.37. The van der Waals surface area contributed by atoms with E-state index < -0.39 is 0 Å². The van der Waals surface area contributed by atoms with Gasteiger partial charge in [0.2, 0.25) is 0 Å². The van der Waals surface area contributed by atoms with Crippen molar-refractivity contribution in [2.75, 3.05) is 14.2 Å². The summed E-state index contributed by atoms with van der Waals surface area (Å²) in [6, 6.07) is 5.47. The summed E-state index contributed by atoms with van der Waals surface area (Å²) in [7, 11) is 2.99. The highest BCUT2D eigenvalue weighted by molar-refractivity contribution is 5.89. The first-order valence-electron chi connectivity index (χ1n) is 5.19. The molecule has 1 aromatic rings. The van der Waals surface area contributed by atoms with Crippen LogP contribution in [0, 0.1) is 0 Å². The summed E-state index contributed by atoms with van der Waals surface area (Å²) in [6.07, 6.45) is 0.945. The molecule has 2 N–H and O–H groups in total. The summed E-state index contributed by atoms with van der Waals surface area (Å²) in [5.74, 6) is 0.753. The zero-order valence-electron chi connectivity index (χ0n) is 9.40. The van der Waals surface area contributed by atoms with Crippen molar-refractivity contribution in [1.29, 1.82) is 0 Å². The summed E-state index contributed by atoms with van der Waals surface area (Å²) in [4.78, 5) is 11.4. The Kier molecular flexibility index (Phi) is 2.83. The van der Waals surface area contributed by atoms with Crippen molar-refractivity contribution in [3.63, 3.8) is 0 Å². The molecule has 4 nitrogen and oxygen atoms in total. The lowest BCUT2D eigenvalue weighted by Gasteiger charge is -2.09. The zero-order valence-corrected chi connectivity index (χ0v) is 9.40. The maximum atomic E-state index is 11.4. The monoisotopic (exact) mass is 221 g/mol. The highest BCUT2D eigenvalue weighted by atomic mass is 16.5. The Balaban J connectivity index is 2.35. The molecular weight excluding hydrogens is 206 g/mol. The summed E-state index contributed by atoms with van der Waals surface area (Å²) in [5.41, 5.74) is 7.35. The SMILES string of the molecule is COC(=O)c1ccc(OC)c([C@@H]2C[C@H]2N)c1. The van der Waals surface area contributed by atoms with Crippen LogP contribution >= 0.6 is 0 Å². The average molecular weight is 221 g/mol. The quantitative estimate of drug-likeness (QED) is 0.781. The van der Waals surface area contributed by atoms with Crippen LogP contribution in [0.25, 0.3) is 0 Å². The van der Waals surface area contributed by atoms with Gasteiger partial charge in [-0.15, -0.1) is 0 Å². The fourth-order valence-corrected chi connectivity index (χ4v) is 1.84. The Morgan fingerprint density at radius 2 is 2.12 bits per heavy atom. The number of nitrogens with two attached hydrogens (primary N) is 1. The van der Waals surface area contributed by atoms with E-state index in [0.29, 0.717) is 11.5 Å². The van der Waals surface area contributed by atoms with Crippen molar-refractivity contribution in [1.82, 2.24) is 0 Å². The van der Waals surface area contributed by atoms with Gasteiger partial charge in [0.25, 0.3) is 0 Å². The lowest BCUT2D eigenvalue weighted by Crippen LogP contribution is -2.05. The molecule has 0 radical (unpaired) electrons. The van der Waals surface area contributed by atoms with E-state index >= 15 is 0 Å². The minimum Gasteiger partial charge on any atom is -0.496 e. The molecule has 0 saturated heterocycles. The van der Waals surface area contributed by atoms with Crippen LogP contribution in [0.2, 0.25) is 0 Å². The van der Waals surface area contributed by atoms with Crippen molar-refractivity contribution in [2.24, 2.45) is 5.73 Å². The van der Waals surface area contributed by atoms with E-state index in [0.717, 1.165) is 17.7 Å². The van der Waals surface area contributed by atoms with Gasteiger partial charge in [0.1, 0.15) is 5.75 Å². The maximum absolute atomic E-state index is 11.4. The first-order chi connectivity index (χ1) is 7.67. The van der Waals surface area contributed by atoms with E-state index in [1.165, 1.54) is 7.11 Å². The molecule has 1 aromatic carbocycles. The van der Waals surface area contributed by atoms with Crippen LogP contribution in [0.5, 0.6) is 5.75 Å². The average Bonchev–Trinajstić information content (AvgIpc) is 3.04. The molecule has 1 saturated carbocycles. The molecule has 0 heterocycles. The molecule has 0 aromatic heterocycles. The molecule has 4 heteroatoms. The molecule has 2 rings (SSSR count). The molecule has 0 aliphatic heterocycles. The Bertz CT molecular complexity index is 417. The Morgan fingerprint density at radius 1 is 1.44 bits per heavy atom. The maximum Gasteiger partial charge on any atom is 0.337 e. The molecule has 1 fully saturated rings. The van der Waals surface area contributed by atoms with Crippen molar-refractivity contribution in [3.8, 4) is 5.75 Å². The number of carbonyl (C=O) groups is 1. The first kappa shape index (κ1) is 11.0. The second-order valence-corrected chi connectivity index (χ2v) is 3.95. The van der Waals surface area contributed by atoms with Crippen molar-refractivity contribution in [3.05, 3.63) is 29.3 Å². The molecule has 0 amide bonds. The number of carbonyl (C=O) groups excluding carboxylic acids is 1. The standard InChI is InChI=1S/C12H15NO3/c1-15-11-4-3-7(12(14)16-2)5-9(11)8-6-10(8)13/h3-5,8,10H,6,13H2,1-2H3/t8-,10+/m0/s1. The lowest BCUT2D eigenvalue weighted by molar-refractivity contribution is 0.0600. The Hall–Kier alpha value is -1.55. The number of hydrogen-bond acceptors (Lipinski definition) is 4. The van der Waals surface area contributed by atoms with Crippen LogP contribution in [0.15, 0.2) is 18.2 Å². The third kappa shape index (κ3) is 1.88. The summed E-state index contributed by atoms with van der Waals surface area (Å²) in [6.45, 7) is 0. The van der Waals surface area contributed by atoms with Gasteiger partial charge in [-0.25, -0.2) is 4.79 Å². The number of methoxy groups -OCH3 is 2. The molecule has 0 unspecified atom stereocenters. The normalized spacial score (nSPS) is 22.7. The zero-order chi connectivity index (χ0) is 11.7. The van der Waals surface area contributed by atoms with Crippen LogP contribution in [0.4, 0.5) is 0 Å². The van der Waals surface area contributed by atoms with Gasteiger partial charge in [0.15, 0.2) is 0 Å². The van der Waals surface area contributed by atoms with Crippen molar-refractivity contribution >= 4 is 5.97 Å². The van der Waals surface area contributed by atoms with Gasteiger partial charge in [-0.05, 0) is 30.2 Å². The minimum atomic E-state index is -0.335. The Morgan fingerprint density at radius 3 is 2.62 bits per heavy atom. The van der Waals surface area contributed by atoms with Gasteiger partial charge in [0.05, 0.1) is 19.8 Å². The van der Waals surface area contributed by atoms with Crippen LogP contribution < -0.4 is 10.5 Å². The molecule has 1 aliphatic carbocycles. The van der Waals surface area contributed by atoms with E-state index in [4.69, 9.17) is 10.5 Å². The largest absolute Gasteiger partial charge is 0.496 e. The second-order valence-electron chi connectivity index (χ2n) is 3.95. The van der Waals surface area contributed by atoms with Gasteiger partial charge in [-0.1, -0.05) is 0 Å². The molecular formula is C12H15NO3. The topological polar surface area (TPSA) is 61.5 Å². The summed E-state index contributed by atoms with van der Waals surface area (Å²) in [5, 5.41) is 0. The molecule has 0 bridgehead atoms. The lowest BCUT2D eigenvalue weighted by atomic mass is 10.1.